The zero-order chi connectivity index (χ0) is 18.4. The molecule has 1 fully saturated rings. The van der Waals surface area contributed by atoms with Crippen molar-refractivity contribution in [2.75, 3.05) is 6.61 Å². The molecule has 1 aliphatic heterocycles. The predicted molar refractivity (Wildman–Crippen MR) is 76.2 cm³/mol. The quantitative estimate of drug-likeness (QED) is 0.456. The Kier molecular flexibility index (Phi) is 7.11. The largest absolute Gasteiger partial charge is 0.463 e. The van der Waals surface area contributed by atoms with Crippen molar-refractivity contribution in [3.05, 3.63) is 0 Å². The fourth-order valence-corrected chi connectivity index (χ4v) is 2.31. The van der Waals surface area contributed by atoms with Crippen molar-refractivity contribution in [1.29, 1.82) is 0 Å². The number of carbonyl (C=O) groups is 4. The van der Waals surface area contributed by atoms with E-state index in [1.165, 1.54) is 13.8 Å². The molecular weight excluding hydrogens is 326 g/mol. The van der Waals surface area contributed by atoms with Crippen molar-refractivity contribution in [2.45, 2.75) is 58.3 Å². The average molecular weight is 347 g/mol. The van der Waals surface area contributed by atoms with Crippen LogP contribution in [0.2, 0.25) is 0 Å². The van der Waals surface area contributed by atoms with Crippen LogP contribution in [0.25, 0.3) is 0 Å². The summed E-state index contributed by atoms with van der Waals surface area (Å²) in [5.41, 5.74) is 0. The van der Waals surface area contributed by atoms with Crippen LogP contribution in [-0.4, -0.2) is 66.2 Å². The molecule has 24 heavy (non-hydrogen) atoms. The molecule has 0 unspecified atom stereocenters. The molecule has 0 aromatic rings. The lowest BCUT2D eigenvalue weighted by molar-refractivity contribution is -0.264. The van der Waals surface area contributed by atoms with Crippen LogP contribution in [0.3, 0.4) is 0 Å². The van der Waals surface area contributed by atoms with Crippen molar-refractivity contribution in [1.82, 2.24) is 5.32 Å². The van der Waals surface area contributed by atoms with Crippen molar-refractivity contribution in [3.8, 4) is 0 Å². The number of hydrogen-bond donors (Lipinski definition) is 2. The molecule has 1 saturated heterocycles. The van der Waals surface area contributed by atoms with Crippen molar-refractivity contribution in [3.63, 3.8) is 0 Å². The summed E-state index contributed by atoms with van der Waals surface area (Å²) in [4.78, 5) is 45.0. The highest BCUT2D eigenvalue weighted by atomic mass is 16.7. The number of hydrogen-bond acceptors (Lipinski definition) is 9. The number of ether oxygens (including phenoxy) is 4. The molecule has 1 aliphatic rings. The maximum Gasteiger partial charge on any atom is 0.303 e. The van der Waals surface area contributed by atoms with Crippen molar-refractivity contribution >= 4 is 23.8 Å². The van der Waals surface area contributed by atoms with Gasteiger partial charge in [0, 0.05) is 27.7 Å². The monoisotopic (exact) mass is 347 g/mol. The molecule has 1 amide bonds. The second kappa shape index (κ2) is 8.60. The molecule has 10 heteroatoms. The first-order valence-corrected chi connectivity index (χ1v) is 7.20. The summed E-state index contributed by atoms with van der Waals surface area (Å²) in [6.45, 7) is 4.28. The van der Waals surface area contributed by atoms with E-state index in [4.69, 9.17) is 18.9 Å². The molecule has 0 radical (unpaired) electrons. The highest BCUT2D eigenvalue weighted by Crippen LogP contribution is 2.26. The van der Waals surface area contributed by atoms with Gasteiger partial charge in [-0.1, -0.05) is 0 Å². The zero-order valence-electron chi connectivity index (χ0n) is 13.8. The minimum Gasteiger partial charge on any atom is -0.463 e. The molecule has 2 N–H and O–H groups in total. The fraction of sp³-hybridized carbons (Fsp3) is 0.714. The summed E-state index contributed by atoms with van der Waals surface area (Å²) in [7, 11) is 0. The molecule has 0 spiro atoms. The van der Waals surface area contributed by atoms with Gasteiger partial charge in [0.25, 0.3) is 0 Å². The first-order chi connectivity index (χ1) is 11.1. The third kappa shape index (κ3) is 5.78. The van der Waals surface area contributed by atoms with E-state index < -0.39 is 54.5 Å². The smallest absolute Gasteiger partial charge is 0.303 e. The van der Waals surface area contributed by atoms with Crippen LogP contribution in [0.4, 0.5) is 0 Å². The van der Waals surface area contributed by atoms with E-state index >= 15 is 0 Å². The van der Waals surface area contributed by atoms with Gasteiger partial charge in [0.2, 0.25) is 5.91 Å². The van der Waals surface area contributed by atoms with Gasteiger partial charge in [-0.25, -0.2) is 0 Å². The summed E-state index contributed by atoms with van der Waals surface area (Å²) in [5, 5.41) is 12.5. The van der Waals surface area contributed by atoms with Crippen LogP contribution >= 0.6 is 0 Å². The van der Waals surface area contributed by atoms with Gasteiger partial charge in [0.05, 0.1) is 0 Å². The normalized spacial score (nSPS) is 29.3. The topological polar surface area (TPSA) is 137 Å². The Morgan fingerprint density at radius 2 is 1.50 bits per heavy atom. The summed E-state index contributed by atoms with van der Waals surface area (Å²) < 4.78 is 20.3. The number of amides is 1. The summed E-state index contributed by atoms with van der Waals surface area (Å²) in [6.07, 6.45) is -5.06. The highest BCUT2D eigenvalue weighted by Gasteiger charge is 2.50. The molecule has 1 heterocycles. The molecule has 0 aromatic heterocycles. The number of esters is 3. The number of aliphatic hydroxyl groups excluding tert-OH is 1. The summed E-state index contributed by atoms with van der Waals surface area (Å²) in [6, 6.07) is -1.16. The van der Waals surface area contributed by atoms with E-state index in [1.807, 2.05) is 0 Å². The standard InChI is InChI=1S/C14H21NO9/c1-6(16)15-11-13(23-9(4)19)12(22-8(3)18)10(24-14(11)20)5-21-7(2)17/h10-14,20H,5H2,1-4H3,(H,15,16)/t10-,11-,12+,13-,14+/m1/s1. The van der Waals surface area contributed by atoms with Gasteiger partial charge in [0.1, 0.15) is 18.8 Å². The maximum absolute atomic E-state index is 11.4. The lowest BCUT2D eigenvalue weighted by Crippen LogP contribution is -2.66. The van der Waals surface area contributed by atoms with E-state index in [-0.39, 0.29) is 6.61 Å². The molecular formula is C14H21NO9. The second-order valence-electron chi connectivity index (χ2n) is 5.24. The Labute approximate surface area is 138 Å². The SMILES string of the molecule is CC(=O)N[C@@H]1[C@@H](OC(C)=O)[C@@H](OC(C)=O)[C@@H](COC(C)=O)O[C@@H]1O. The Morgan fingerprint density at radius 1 is 0.958 bits per heavy atom. The van der Waals surface area contributed by atoms with E-state index in [2.05, 4.69) is 5.32 Å². The van der Waals surface area contributed by atoms with E-state index in [0.717, 1.165) is 13.8 Å². The molecule has 0 aromatic carbocycles. The average Bonchev–Trinajstić information content (AvgIpc) is 2.42. The number of carbonyl (C=O) groups excluding carboxylic acids is 4. The van der Waals surface area contributed by atoms with Gasteiger partial charge in [-0.15, -0.1) is 0 Å². The first-order valence-electron chi connectivity index (χ1n) is 7.20. The van der Waals surface area contributed by atoms with Crippen LogP contribution in [0, 0.1) is 0 Å². The van der Waals surface area contributed by atoms with E-state index in [9.17, 15) is 24.3 Å². The highest BCUT2D eigenvalue weighted by molar-refractivity contribution is 5.73. The van der Waals surface area contributed by atoms with Gasteiger partial charge in [-0.2, -0.15) is 0 Å². The molecule has 10 nitrogen and oxygen atoms in total. The number of aliphatic hydroxyl groups is 1. The zero-order valence-corrected chi connectivity index (χ0v) is 13.8. The lowest BCUT2D eigenvalue weighted by atomic mass is 9.96. The summed E-state index contributed by atoms with van der Waals surface area (Å²) in [5.74, 6) is -2.54. The fourth-order valence-electron chi connectivity index (χ4n) is 2.31. The van der Waals surface area contributed by atoms with Gasteiger partial charge in [0.15, 0.2) is 18.5 Å². The minimum atomic E-state index is -1.56. The minimum absolute atomic E-state index is 0.338. The second-order valence-corrected chi connectivity index (χ2v) is 5.24. The Bertz CT molecular complexity index is 506. The molecule has 0 aliphatic carbocycles. The lowest BCUT2D eigenvalue weighted by Gasteiger charge is -2.43. The Balaban J connectivity index is 3.11. The van der Waals surface area contributed by atoms with Gasteiger partial charge >= 0.3 is 17.9 Å². The third-order valence-corrected chi connectivity index (χ3v) is 3.09. The van der Waals surface area contributed by atoms with Gasteiger partial charge in [-0.3, -0.25) is 19.2 Å². The van der Waals surface area contributed by atoms with Crippen LogP contribution in [0.1, 0.15) is 27.7 Å². The van der Waals surface area contributed by atoms with Crippen LogP contribution < -0.4 is 5.32 Å². The van der Waals surface area contributed by atoms with Crippen molar-refractivity contribution in [2.24, 2.45) is 0 Å². The van der Waals surface area contributed by atoms with E-state index in [0.29, 0.717) is 0 Å². The Morgan fingerprint density at radius 3 is 1.96 bits per heavy atom. The maximum atomic E-state index is 11.4. The molecule has 0 saturated carbocycles. The number of rotatable bonds is 5. The molecule has 136 valence electrons. The predicted octanol–water partition coefficient (Wildman–Crippen LogP) is -1.37. The van der Waals surface area contributed by atoms with Crippen LogP contribution in [-0.2, 0) is 38.1 Å². The van der Waals surface area contributed by atoms with Crippen molar-refractivity contribution < 1.29 is 43.2 Å². The molecule has 0 bridgehead atoms. The van der Waals surface area contributed by atoms with Crippen LogP contribution in [0.15, 0.2) is 0 Å². The summed E-state index contributed by atoms with van der Waals surface area (Å²) >= 11 is 0. The molecule has 5 atom stereocenters. The van der Waals surface area contributed by atoms with Crippen LogP contribution in [0.5, 0.6) is 0 Å². The van der Waals surface area contributed by atoms with Gasteiger partial charge in [-0.05, 0) is 0 Å². The van der Waals surface area contributed by atoms with E-state index in [1.54, 1.807) is 0 Å². The van der Waals surface area contributed by atoms with Gasteiger partial charge < -0.3 is 29.4 Å². The first kappa shape index (κ1) is 19.8. The Hall–Kier alpha value is -2.20. The number of nitrogens with one attached hydrogen (secondary N) is 1. The molecule has 1 rings (SSSR count). The third-order valence-electron chi connectivity index (χ3n) is 3.09.